The first-order valence-corrected chi connectivity index (χ1v) is 9.24. The molecule has 2 heterocycles. The first kappa shape index (κ1) is 20.0. The Kier molecular flexibility index (Phi) is 7.83. The van der Waals surface area contributed by atoms with Crippen molar-refractivity contribution in [3.8, 4) is 0 Å². The Labute approximate surface area is 174 Å². The van der Waals surface area contributed by atoms with Crippen LogP contribution in [0.5, 0.6) is 0 Å². The number of thiazole rings is 1. The van der Waals surface area contributed by atoms with E-state index in [9.17, 15) is 4.79 Å². The molecule has 1 aromatic heterocycles. The van der Waals surface area contributed by atoms with Crippen molar-refractivity contribution >= 4 is 27.5 Å². The summed E-state index contributed by atoms with van der Waals surface area (Å²) in [5.74, 6) is 1.86. The summed E-state index contributed by atoms with van der Waals surface area (Å²) in [6.07, 6.45) is 5.99. The molecule has 1 saturated heterocycles. The molecule has 127 valence electrons. The quantitative estimate of drug-likeness (QED) is 0.678. The molecule has 1 aromatic carbocycles. The van der Waals surface area contributed by atoms with Gasteiger partial charge in [-0.3, -0.25) is 4.79 Å². The van der Waals surface area contributed by atoms with Crippen LogP contribution in [0.4, 0.5) is 0 Å². The average molecular weight is 417 g/mol. The van der Waals surface area contributed by atoms with Gasteiger partial charge in [0.05, 0.1) is 21.6 Å². The van der Waals surface area contributed by atoms with Crippen molar-refractivity contribution in [1.82, 2.24) is 9.88 Å². The van der Waals surface area contributed by atoms with Gasteiger partial charge in [0.2, 0.25) is 5.91 Å². The minimum atomic E-state index is 0. The Morgan fingerprint density at radius 3 is 2.83 bits per heavy atom. The number of fused-ring (bicyclic) bond motifs is 1. The van der Waals surface area contributed by atoms with Gasteiger partial charge in [0, 0.05) is 32.7 Å². The number of carbonyl (C=O) groups is 1. The van der Waals surface area contributed by atoms with Crippen molar-refractivity contribution < 1.29 is 37.5 Å². The molecule has 1 aliphatic heterocycles. The zero-order valence-electron chi connectivity index (χ0n) is 14.4. The number of aryl methyl sites for hydroxylation is 1. The van der Waals surface area contributed by atoms with E-state index in [4.69, 9.17) is 0 Å². The zero-order valence-corrected chi connectivity index (χ0v) is 18.0. The van der Waals surface area contributed by atoms with Gasteiger partial charge in [-0.1, -0.05) is 12.1 Å². The van der Waals surface area contributed by atoms with Crippen molar-refractivity contribution in [3.05, 3.63) is 41.6 Å². The molecule has 3 nitrogen and oxygen atoms in total. The number of unbranched alkanes of at least 4 members (excludes halogenated alkanes) is 1. The van der Waals surface area contributed by atoms with Crippen LogP contribution in [0.1, 0.15) is 42.7 Å². The third-order valence-electron chi connectivity index (χ3n) is 4.55. The van der Waals surface area contributed by atoms with Gasteiger partial charge in [0.1, 0.15) is 0 Å². The van der Waals surface area contributed by atoms with E-state index in [2.05, 4.69) is 18.0 Å². The van der Waals surface area contributed by atoms with Crippen LogP contribution in [0, 0.1) is 19.8 Å². The number of hydrogen-bond donors (Lipinski definition) is 0. The molecule has 1 amide bonds. The van der Waals surface area contributed by atoms with Crippen molar-refractivity contribution in [2.75, 3.05) is 13.1 Å². The smallest absolute Gasteiger partial charge is 0.226 e. The Hall–Kier alpha value is -0.316. The van der Waals surface area contributed by atoms with E-state index >= 15 is 0 Å². The summed E-state index contributed by atoms with van der Waals surface area (Å²) < 4.78 is 1.16. The molecule has 0 aliphatic carbocycles. The molecule has 24 heavy (non-hydrogen) atoms. The minimum absolute atomic E-state index is 0. The molecule has 0 atom stereocenters. The van der Waals surface area contributed by atoms with Crippen LogP contribution in [0.3, 0.4) is 0 Å². The van der Waals surface area contributed by atoms with Crippen LogP contribution < -0.4 is 0 Å². The SMILES string of the molecule is [CH2-]CCC[C-]1CCN(C(=O)Cc2cccc3nc(C)sc23)CC1.[Y]. The largest absolute Gasteiger partial charge is 0.348 e. The van der Waals surface area contributed by atoms with Crippen molar-refractivity contribution in [1.29, 1.82) is 0 Å². The summed E-state index contributed by atoms with van der Waals surface area (Å²) in [5, 5.41) is 1.06. The Balaban J connectivity index is 0.00000208. The number of nitrogens with zero attached hydrogens (tertiary/aromatic N) is 2. The predicted octanol–water partition coefficient (Wildman–Crippen LogP) is 4.35. The molecular weight excluding hydrogens is 393 g/mol. The van der Waals surface area contributed by atoms with E-state index in [1.54, 1.807) is 17.3 Å². The molecule has 1 radical (unpaired) electrons. The van der Waals surface area contributed by atoms with Crippen LogP contribution in [0.15, 0.2) is 18.2 Å². The van der Waals surface area contributed by atoms with Gasteiger partial charge in [-0.05, 0) is 31.6 Å². The summed E-state index contributed by atoms with van der Waals surface area (Å²) in [7, 11) is 0. The summed E-state index contributed by atoms with van der Waals surface area (Å²) in [4.78, 5) is 19.2. The van der Waals surface area contributed by atoms with E-state index in [1.807, 2.05) is 24.0 Å². The zero-order chi connectivity index (χ0) is 16.2. The second-order valence-electron chi connectivity index (χ2n) is 6.26. The van der Waals surface area contributed by atoms with Crippen LogP contribution in [-0.4, -0.2) is 28.9 Å². The van der Waals surface area contributed by atoms with Gasteiger partial charge < -0.3 is 17.7 Å². The van der Waals surface area contributed by atoms with E-state index in [1.165, 1.54) is 12.8 Å². The summed E-state index contributed by atoms with van der Waals surface area (Å²) in [5.41, 5.74) is 2.13. The normalized spacial score (nSPS) is 15.5. The maximum Gasteiger partial charge on any atom is 0.226 e. The van der Waals surface area contributed by atoms with Crippen LogP contribution in [0.2, 0.25) is 0 Å². The molecule has 1 aliphatic rings. The van der Waals surface area contributed by atoms with Crippen molar-refractivity contribution in [2.24, 2.45) is 0 Å². The molecule has 1 fully saturated rings. The molecule has 0 N–H and O–H groups in total. The van der Waals surface area contributed by atoms with Gasteiger partial charge in [-0.15, -0.1) is 17.8 Å². The number of rotatable bonds is 5. The van der Waals surface area contributed by atoms with Gasteiger partial charge >= 0.3 is 0 Å². The van der Waals surface area contributed by atoms with Gasteiger partial charge in [0.25, 0.3) is 0 Å². The monoisotopic (exact) mass is 417 g/mol. The number of aromatic nitrogens is 1. The van der Waals surface area contributed by atoms with Gasteiger partial charge in [-0.25, -0.2) is 4.98 Å². The summed E-state index contributed by atoms with van der Waals surface area (Å²) >= 11 is 1.68. The Morgan fingerprint density at radius 1 is 1.38 bits per heavy atom. The fourth-order valence-electron chi connectivity index (χ4n) is 3.23. The molecule has 2 aromatic rings. The molecule has 5 heteroatoms. The second kappa shape index (κ2) is 9.40. The average Bonchev–Trinajstić information content (AvgIpc) is 2.94. The topological polar surface area (TPSA) is 33.2 Å². The Morgan fingerprint density at radius 2 is 2.12 bits per heavy atom. The third kappa shape index (κ3) is 4.86. The second-order valence-corrected chi connectivity index (χ2v) is 7.47. The van der Waals surface area contributed by atoms with E-state index < -0.39 is 0 Å². The third-order valence-corrected chi connectivity index (χ3v) is 5.61. The fourth-order valence-corrected chi connectivity index (χ4v) is 4.16. The first-order chi connectivity index (χ1) is 11.2. The number of carbonyl (C=O) groups excluding carboxylic acids is 1. The van der Waals surface area contributed by atoms with Crippen molar-refractivity contribution in [3.63, 3.8) is 0 Å². The number of piperidine rings is 1. The van der Waals surface area contributed by atoms with Crippen LogP contribution in [-0.2, 0) is 43.9 Å². The molecular formula is C19H24N2OSY-2. The first-order valence-electron chi connectivity index (χ1n) is 8.43. The fraction of sp³-hybridized carbons (Fsp3) is 0.474. The van der Waals surface area contributed by atoms with E-state index in [0.29, 0.717) is 6.42 Å². The van der Waals surface area contributed by atoms with E-state index in [0.717, 1.165) is 53.1 Å². The van der Waals surface area contributed by atoms with Gasteiger partial charge in [-0.2, -0.15) is 25.7 Å². The number of benzene rings is 1. The molecule has 0 spiro atoms. The molecule has 0 bridgehead atoms. The number of hydrogen-bond acceptors (Lipinski definition) is 3. The number of amides is 1. The van der Waals surface area contributed by atoms with E-state index in [-0.39, 0.29) is 38.6 Å². The summed E-state index contributed by atoms with van der Waals surface area (Å²) in [6.45, 7) is 7.68. The maximum absolute atomic E-state index is 12.6. The summed E-state index contributed by atoms with van der Waals surface area (Å²) in [6, 6.07) is 6.09. The maximum atomic E-state index is 12.6. The Bertz CT molecular complexity index is 677. The van der Waals surface area contributed by atoms with Crippen LogP contribution in [0.25, 0.3) is 10.2 Å². The standard InChI is InChI=1S/C19H24N2OS.Y/c1-3-4-6-15-9-11-21(12-10-15)18(22)13-16-7-5-8-17-19(16)23-14(2)20-17;/h5,7-8H,1,3-4,6,9-13H2,2H3;/q-2;. The van der Waals surface area contributed by atoms with Crippen LogP contribution >= 0.6 is 11.3 Å². The van der Waals surface area contributed by atoms with Crippen molar-refractivity contribution in [2.45, 2.75) is 45.4 Å². The molecule has 0 unspecified atom stereocenters. The molecule has 0 saturated carbocycles. The predicted molar refractivity (Wildman–Crippen MR) is 96.3 cm³/mol. The minimum Gasteiger partial charge on any atom is -0.348 e. The van der Waals surface area contributed by atoms with Gasteiger partial charge in [0.15, 0.2) is 0 Å². The molecule has 3 rings (SSSR count). The number of likely N-dealkylation sites (tertiary alicyclic amines) is 1.